The Bertz CT molecular complexity index is 1320. The van der Waals surface area contributed by atoms with Crippen molar-refractivity contribution < 1.29 is 13.2 Å². The van der Waals surface area contributed by atoms with E-state index in [4.69, 9.17) is 23.2 Å². The molecule has 1 saturated heterocycles. The number of amides is 1. The number of hydrogen-bond acceptors (Lipinski definition) is 4. The lowest BCUT2D eigenvalue weighted by atomic mass is 10.1. The third-order valence-electron chi connectivity index (χ3n) is 6.18. The predicted molar refractivity (Wildman–Crippen MR) is 145 cm³/mol. The van der Waals surface area contributed by atoms with E-state index in [0.717, 1.165) is 35.1 Å². The highest BCUT2D eigenvalue weighted by Gasteiger charge is 2.29. The third kappa shape index (κ3) is 6.40. The average Bonchev–Trinajstić information content (AvgIpc) is 3.37. The number of carbonyl (C=O) groups is 1. The Morgan fingerprint density at radius 2 is 1.64 bits per heavy atom. The quantitative estimate of drug-likeness (QED) is 0.390. The van der Waals surface area contributed by atoms with Crippen molar-refractivity contribution in [3.8, 4) is 0 Å². The first-order chi connectivity index (χ1) is 17.2. The molecule has 0 unspecified atom stereocenters. The molecule has 1 aliphatic heterocycles. The Labute approximate surface area is 222 Å². The maximum Gasteiger partial charge on any atom is 0.264 e. The molecule has 0 radical (unpaired) electrons. The number of benzene rings is 3. The Hall–Kier alpha value is -2.58. The van der Waals surface area contributed by atoms with E-state index in [-0.39, 0.29) is 27.2 Å². The molecule has 0 saturated carbocycles. The van der Waals surface area contributed by atoms with E-state index in [1.807, 2.05) is 19.1 Å². The Morgan fingerprint density at radius 3 is 2.36 bits per heavy atom. The molecular formula is C27H29Cl2N3O3S. The third-order valence-corrected chi connectivity index (χ3v) is 8.76. The summed E-state index contributed by atoms with van der Waals surface area (Å²) < 4.78 is 28.1. The van der Waals surface area contributed by atoms with Crippen molar-refractivity contribution in [2.45, 2.75) is 37.8 Å². The molecule has 1 heterocycles. The normalized spacial score (nSPS) is 14.1. The first kappa shape index (κ1) is 26.5. The van der Waals surface area contributed by atoms with Crippen LogP contribution in [0.3, 0.4) is 0 Å². The van der Waals surface area contributed by atoms with E-state index in [0.29, 0.717) is 0 Å². The molecule has 0 aromatic heterocycles. The van der Waals surface area contributed by atoms with Crippen LogP contribution in [0.25, 0.3) is 0 Å². The highest BCUT2D eigenvalue weighted by Crippen LogP contribution is 2.35. The van der Waals surface area contributed by atoms with Gasteiger partial charge in [0.2, 0.25) is 5.91 Å². The first-order valence-corrected chi connectivity index (χ1v) is 14.0. The largest absolute Gasteiger partial charge is 0.350 e. The van der Waals surface area contributed by atoms with E-state index in [1.165, 1.54) is 36.6 Å². The number of aryl methyl sites for hydroxylation is 1. The van der Waals surface area contributed by atoms with Gasteiger partial charge in [-0.3, -0.25) is 14.0 Å². The van der Waals surface area contributed by atoms with Gasteiger partial charge < -0.3 is 5.32 Å². The summed E-state index contributed by atoms with van der Waals surface area (Å²) in [7, 11) is -4.08. The molecule has 0 aliphatic carbocycles. The van der Waals surface area contributed by atoms with Crippen molar-refractivity contribution in [1.29, 1.82) is 0 Å². The molecule has 1 fully saturated rings. The fourth-order valence-corrected chi connectivity index (χ4v) is 6.13. The summed E-state index contributed by atoms with van der Waals surface area (Å²) in [5.74, 6) is -0.452. The lowest BCUT2D eigenvalue weighted by Crippen LogP contribution is -2.40. The second-order valence-corrected chi connectivity index (χ2v) is 11.6. The molecule has 3 aromatic carbocycles. The summed E-state index contributed by atoms with van der Waals surface area (Å²) >= 11 is 12.5. The SMILES string of the molecule is Cc1ccc(S(=O)(=O)N(CC(=O)NCc2cccc(CN3CCCC3)c2)c2cccc(Cl)c2Cl)cc1. The van der Waals surface area contributed by atoms with Gasteiger partial charge in [0.25, 0.3) is 10.0 Å². The maximum atomic E-state index is 13.6. The number of hydrogen-bond donors (Lipinski definition) is 1. The number of anilines is 1. The van der Waals surface area contributed by atoms with Gasteiger partial charge in [-0.25, -0.2) is 8.42 Å². The zero-order chi connectivity index (χ0) is 25.7. The molecule has 190 valence electrons. The molecule has 1 amide bonds. The van der Waals surface area contributed by atoms with Crippen LogP contribution >= 0.6 is 23.2 Å². The second-order valence-electron chi connectivity index (χ2n) is 8.98. The summed E-state index contributed by atoms with van der Waals surface area (Å²) in [5, 5.41) is 3.12. The lowest BCUT2D eigenvalue weighted by molar-refractivity contribution is -0.119. The fraction of sp³-hybridized carbons (Fsp3) is 0.296. The number of nitrogens with one attached hydrogen (secondary N) is 1. The molecule has 0 spiro atoms. The molecule has 1 aliphatic rings. The zero-order valence-electron chi connectivity index (χ0n) is 20.1. The van der Waals surface area contributed by atoms with Gasteiger partial charge in [-0.15, -0.1) is 0 Å². The van der Waals surface area contributed by atoms with Gasteiger partial charge in [0.05, 0.1) is 20.6 Å². The highest BCUT2D eigenvalue weighted by atomic mass is 35.5. The van der Waals surface area contributed by atoms with Crippen molar-refractivity contribution in [2.75, 3.05) is 23.9 Å². The number of halogens is 2. The van der Waals surface area contributed by atoms with E-state index in [1.54, 1.807) is 24.3 Å². The van der Waals surface area contributed by atoms with Gasteiger partial charge in [0.15, 0.2) is 0 Å². The minimum Gasteiger partial charge on any atom is -0.350 e. The Morgan fingerprint density at radius 1 is 0.972 bits per heavy atom. The lowest BCUT2D eigenvalue weighted by Gasteiger charge is -2.25. The Balaban J connectivity index is 1.52. The standard InChI is InChI=1S/C27H29Cl2N3O3S/c1-20-10-12-23(13-11-20)36(34,35)32(25-9-5-8-24(28)27(25)29)19-26(33)30-17-21-6-4-7-22(16-21)18-31-14-2-3-15-31/h4-13,16H,2-3,14-15,17-19H2,1H3,(H,30,33). The van der Waals surface area contributed by atoms with Gasteiger partial charge >= 0.3 is 0 Å². The van der Waals surface area contributed by atoms with Crippen LogP contribution in [-0.2, 0) is 27.9 Å². The fourth-order valence-electron chi connectivity index (χ4n) is 4.25. The van der Waals surface area contributed by atoms with Crippen molar-refractivity contribution in [3.05, 3.63) is 93.5 Å². The first-order valence-electron chi connectivity index (χ1n) is 11.8. The van der Waals surface area contributed by atoms with E-state index in [2.05, 4.69) is 22.3 Å². The van der Waals surface area contributed by atoms with Crippen LogP contribution in [0.15, 0.2) is 71.6 Å². The predicted octanol–water partition coefficient (Wildman–Crippen LogP) is 5.41. The van der Waals surface area contributed by atoms with Gasteiger partial charge in [0, 0.05) is 13.1 Å². The van der Waals surface area contributed by atoms with E-state index < -0.39 is 22.5 Å². The minimum atomic E-state index is -4.08. The van der Waals surface area contributed by atoms with Crippen LogP contribution in [0.5, 0.6) is 0 Å². The van der Waals surface area contributed by atoms with Crippen molar-refractivity contribution >= 4 is 44.8 Å². The van der Waals surface area contributed by atoms with Gasteiger partial charge in [-0.05, 0) is 68.2 Å². The van der Waals surface area contributed by atoms with Crippen molar-refractivity contribution in [2.24, 2.45) is 0 Å². The highest BCUT2D eigenvalue weighted by molar-refractivity contribution is 7.92. The van der Waals surface area contributed by atoms with Crippen LogP contribution < -0.4 is 9.62 Å². The summed E-state index contributed by atoms with van der Waals surface area (Å²) in [4.78, 5) is 15.5. The Kier molecular flexibility index (Phi) is 8.57. The monoisotopic (exact) mass is 545 g/mol. The summed E-state index contributed by atoms with van der Waals surface area (Å²) in [6.45, 7) is 4.82. The van der Waals surface area contributed by atoms with Gasteiger partial charge in [-0.1, -0.05) is 71.2 Å². The molecule has 36 heavy (non-hydrogen) atoms. The smallest absolute Gasteiger partial charge is 0.264 e. The van der Waals surface area contributed by atoms with Gasteiger partial charge in [0.1, 0.15) is 6.54 Å². The van der Waals surface area contributed by atoms with Crippen LogP contribution in [0.4, 0.5) is 5.69 Å². The van der Waals surface area contributed by atoms with Gasteiger partial charge in [-0.2, -0.15) is 0 Å². The van der Waals surface area contributed by atoms with Crippen LogP contribution in [0.1, 0.15) is 29.5 Å². The van der Waals surface area contributed by atoms with Crippen LogP contribution in [0.2, 0.25) is 10.0 Å². The summed E-state index contributed by atoms with van der Waals surface area (Å²) in [6.07, 6.45) is 2.46. The molecule has 3 aromatic rings. The molecule has 0 atom stereocenters. The number of carbonyl (C=O) groups excluding carboxylic acids is 1. The number of likely N-dealkylation sites (tertiary alicyclic amines) is 1. The van der Waals surface area contributed by atoms with Crippen molar-refractivity contribution in [1.82, 2.24) is 10.2 Å². The minimum absolute atomic E-state index is 0.0616. The van der Waals surface area contributed by atoms with E-state index >= 15 is 0 Å². The van der Waals surface area contributed by atoms with Crippen LogP contribution in [-0.4, -0.2) is 38.9 Å². The number of nitrogens with zero attached hydrogens (tertiary/aromatic N) is 2. The topological polar surface area (TPSA) is 69.7 Å². The molecule has 6 nitrogen and oxygen atoms in total. The van der Waals surface area contributed by atoms with Crippen molar-refractivity contribution in [3.63, 3.8) is 0 Å². The molecule has 0 bridgehead atoms. The second kappa shape index (κ2) is 11.6. The molecular weight excluding hydrogens is 517 g/mol. The van der Waals surface area contributed by atoms with E-state index in [9.17, 15) is 13.2 Å². The molecule has 1 N–H and O–H groups in total. The zero-order valence-corrected chi connectivity index (χ0v) is 22.4. The molecule has 4 rings (SSSR count). The number of rotatable bonds is 9. The average molecular weight is 547 g/mol. The maximum absolute atomic E-state index is 13.6. The summed E-state index contributed by atoms with van der Waals surface area (Å²) in [5.41, 5.74) is 3.21. The number of sulfonamides is 1. The summed E-state index contributed by atoms with van der Waals surface area (Å²) in [6, 6.07) is 19.2. The van der Waals surface area contributed by atoms with Crippen LogP contribution in [0, 0.1) is 6.92 Å². The molecule has 9 heteroatoms.